The average molecular weight is 367 g/mol. The first-order chi connectivity index (χ1) is 12.5. The third kappa shape index (κ3) is 4.28. The van der Waals surface area contributed by atoms with Gasteiger partial charge in [0.25, 0.3) is 6.43 Å². The Balaban J connectivity index is 1.60. The molecule has 0 saturated heterocycles. The zero-order valence-electron chi connectivity index (χ0n) is 16.2. The van der Waals surface area contributed by atoms with Gasteiger partial charge >= 0.3 is 0 Å². The summed E-state index contributed by atoms with van der Waals surface area (Å²) in [5.41, 5.74) is 0.545. The van der Waals surface area contributed by atoms with E-state index in [2.05, 4.69) is 6.92 Å². The van der Waals surface area contributed by atoms with Crippen LogP contribution in [0.2, 0.25) is 0 Å². The minimum absolute atomic E-state index is 0.0989. The highest BCUT2D eigenvalue weighted by molar-refractivity contribution is 5.37. The van der Waals surface area contributed by atoms with Crippen molar-refractivity contribution in [1.29, 1.82) is 0 Å². The summed E-state index contributed by atoms with van der Waals surface area (Å²) in [5.74, 6) is 1.90. The van der Waals surface area contributed by atoms with Gasteiger partial charge in [0, 0.05) is 0 Å². The molecule has 2 fully saturated rings. The Labute approximate surface area is 156 Å². The summed E-state index contributed by atoms with van der Waals surface area (Å²) in [5, 5.41) is 0. The highest BCUT2D eigenvalue weighted by Gasteiger charge is 2.33. The van der Waals surface area contributed by atoms with Crippen molar-refractivity contribution in [2.75, 3.05) is 0 Å². The lowest BCUT2D eigenvalue weighted by Gasteiger charge is -2.38. The number of alkyl halides is 2. The molecule has 0 amide bonds. The SMILES string of the molecule is CCCC1CCC(C2CCC(c3ccc(C)c(F)c3C(F)F)CC2)CC1. The number of hydrogen-bond donors (Lipinski definition) is 0. The Morgan fingerprint density at radius 1 is 0.923 bits per heavy atom. The van der Waals surface area contributed by atoms with Crippen molar-refractivity contribution in [3.63, 3.8) is 0 Å². The molecule has 146 valence electrons. The first-order valence-corrected chi connectivity index (χ1v) is 10.6. The minimum Gasteiger partial charge on any atom is -0.206 e. The molecule has 3 heteroatoms. The maximum Gasteiger partial charge on any atom is 0.266 e. The first kappa shape index (κ1) is 19.8. The van der Waals surface area contributed by atoms with Crippen molar-refractivity contribution < 1.29 is 13.2 Å². The van der Waals surface area contributed by atoms with E-state index >= 15 is 0 Å². The summed E-state index contributed by atoms with van der Waals surface area (Å²) in [4.78, 5) is 0. The summed E-state index contributed by atoms with van der Waals surface area (Å²) in [6.07, 6.45) is 9.48. The molecule has 1 aromatic carbocycles. The van der Waals surface area contributed by atoms with E-state index in [4.69, 9.17) is 0 Å². The molecule has 2 aliphatic rings. The fraction of sp³-hybridized carbons (Fsp3) is 0.739. The van der Waals surface area contributed by atoms with Crippen LogP contribution in [0.1, 0.15) is 100 Å². The number of benzene rings is 1. The smallest absolute Gasteiger partial charge is 0.206 e. The first-order valence-electron chi connectivity index (χ1n) is 10.6. The molecule has 0 radical (unpaired) electrons. The molecule has 1 aromatic rings. The molecule has 0 bridgehead atoms. The zero-order chi connectivity index (χ0) is 18.7. The van der Waals surface area contributed by atoms with Crippen LogP contribution in [0.15, 0.2) is 12.1 Å². The summed E-state index contributed by atoms with van der Waals surface area (Å²) in [6.45, 7) is 3.84. The zero-order valence-corrected chi connectivity index (χ0v) is 16.2. The van der Waals surface area contributed by atoms with Crippen LogP contribution in [0.3, 0.4) is 0 Å². The van der Waals surface area contributed by atoms with E-state index in [1.54, 1.807) is 19.1 Å². The Morgan fingerprint density at radius 3 is 2.04 bits per heavy atom. The third-order valence-corrected chi connectivity index (χ3v) is 7.09. The van der Waals surface area contributed by atoms with E-state index in [1.165, 1.54) is 38.5 Å². The second kappa shape index (κ2) is 8.80. The Kier molecular flexibility index (Phi) is 6.69. The van der Waals surface area contributed by atoms with Crippen molar-refractivity contribution in [2.45, 2.75) is 90.4 Å². The standard InChI is InChI=1S/C23H33F3/c1-3-4-16-6-8-17(9-7-16)18-10-12-19(13-11-18)20-14-5-15(2)22(24)21(20)23(25)26/h5,14,16-19,23H,3-4,6-13H2,1-2H3. The lowest BCUT2D eigenvalue weighted by molar-refractivity contribution is 0.139. The van der Waals surface area contributed by atoms with Crippen molar-refractivity contribution in [3.05, 3.63) is 34.6 Å². The highest BCUT2D eigenvalue weighted by Crippen LogP contribution is 2.46. The third-order valence-electron chi connectivity index (χ3n) is 7.09. The molecule has 0 unspecified atom stereocenters. The van der Waals surface area contributed by atoms with Gasteiger partial charge in [-0.15, -0.1) is 0 Å². The van der Waals surface area contributed by atoms with Crippen LogP contribution < -0.4 is 0 Å². The monoisotopic (exact) mass is 366 g/mol. The van der Waals surface area contributed by atoms with E-state index in [9.17, 15) is 13.2 Å². The summed E-state index contributed by atoms with van der Waals surface area (Å²) in [6, 6.07) is 3.42. The molecule has 0 aliphatic heterocycles. The van der Waals surface area contributed by atoms with E-state index in [0.717, 1.165) is 43.4 Å². The van der Waals surface area contributed by atoms with Crippen molar-refractivity contribution in [2.24, 2.45) is 17.8 Å². The van der Waals surface area contributed by atoms with E-state index < -0.39 is 12.2 Å². The van der Waals surface area contributed by atoms with Crippen LogP contribution in [0.25, 0.3) is 0 Å². The number of aryl methyl sites for hydroxylation is 1. The minimum atomic E-state index is -2.73. The molecule has 0 atom stereocenters. The lowest BCUT2D eigenvalue weighted by Crippen LogP contribution is -2.25. The van der Waals surface area contributed by atoms with E-state index in [1.807, 2.05) is 0 Å². The molecular formula is C23H33F3. The normalized spacial score (nSPS) is 29.9. The van der Waals surface area contributed by atoms with Gasteiger partial charge in [-0.3, -0.25) is 0 Å². The van der Waals surface area contributed by atoms with Crippen LogP contribution in [-0.2, 0) is 0 Å². The van der Waals surface area contributed by atoms with Crippen LogP contribution >= 0.6 is 0 Å². The van der Waals surface area contributed by atoms with Gasteiger partial charge in [0.05, 0.1) is 5.56 Å². The molecule has 26 heavy (non-hydrogen) atoms. The summed E-state index contributed by atoms with van der Waals surface area (Å²) >= 11 is 0. The van der Waals surface area contributed by atoms with Crippen molar-refractivity contribution in [1.82, 2.24) is 0 Å². The average Bonchev–Trinajstić information content (AvgIpc) is 2.64. The summed E-state index contributed by atoms with van der Waals surface area (Å²) < 4.78 is 41.2. The lowest BCUT2D eigenvalue weighted by atomic mass is 9.67. The summed E-state index contributed by atoms with van der Waals surface area (Å²) in [7, 11) is 0. The van der Waals surface area contributed by atoms with Gasteiger partial charge < -0.3 is 0 Å². The Hall–Kier alpha value is -0.990. The number of halogens is 3. The van der Waals surface area contributed by atoms with E-state index in [0.29, 0.717) is 11.1 Å². The second-order valence-electron chi connectivity index (χ2n) is 8.68. The highest BCUT2D eigenvalue weighted by atomic mass is 19.3. The van der Waals surface area contributed by atoms with Gasteiger partial charge in [0.1, 0.15) is 5.82 Å². The molecule has 0 aromatic heterocycles. The van der Waals surface area contributed by atoms with Crippen molar-refractivity contribution in [3.8, 4) is 0 Å². The number of rotatable bonds is 5. The molecule has 0 spiro atoms. The Morgan fingerprint density at radius 2 is 1.50 bits per heavy atom. The van der Waals surface area contributed by atoms with Crippen LogP contribution in [0, 0.1) is 30.5 Å². The predicted molar refractivity (Wildman–Crippen MR) is 101 cm³/mol. The topological polar surface area (TPSA) is 0 Å². The fourth-order valence-electron chi connectivity index (χ4n) is 5.55. The molecule has 0 N–H and O–H groups in total. The molecule has 0 heterocycles. The van der Waals surface area contributed by atoms with Gasteiger partial charge in [0.15, 0.2) is 0 Å². The van der Waals surface area contributed by atoms with Crippen LogP contribution in [0.4, 0.5) is 13.2 Å². The quantitative estimate of drug-likeness (QED) is 0.496. The van der Waals surface area contributed by atoms with Gasteiger partial charge in [-0.25, -0.2) is 13.2 Å². The molecular weight excluding hydrogens is 333 g/mol. The maximum atomic E-state index is 14.3. The molecule has 2 saturated carbocycles. The van der Waals surface area contributed by atoms with Gasteiger partial charge in [0.2, 0.25) is 0 Å². The van der Waals surface area contributed by atoms with Crippen LogP contribution in [-0.4, -0.2) is 0 Å². The number of hydrogen-bond acceptors (Lipinski definition) is 0. The predicted octanol–water partition coefficient (Wildman–Crippen LogP) is 7.95. The van der Waals surface area contributed by atoms with Crippen LogP contribution in [0.5, 0.6) is 0 Å². The molecule has 3 rings (SSSR count). The van der Waals surface area contributed by atoms with Crippen molar-refractivity contribution >= 4 is 0 Å². The van der Waals surface area contributed by atoms with Gasteiger partial charge in [-0.2, -0.15) is 0 Å². The van der Waals surface area contributed by atoms with E-state index in [-0.39, 0.29) is 11.5 Å². The molecule has 0 nitrogen and oxygen atoms in total. The fourth-order valence-corrected chi connectivity index (χ4v) is 5.55. The Bertz CT molecular complexity index is 579. The van der Waals surface area contributed by atoms with Gasteiger partial charge in [-0.05, 0) is 80.2 Å². The maximum absolute atomic E-state index is 14.3. The molecule has 2 aliphatic carbocycles. The second-order valence-corrected chi connectivity index (χ2v) is 8.68. The van der Waals surface area contributed by atoms with Gasteiger partial charge in [-0.1, -0.05) is 44.7 Å². The largest absolute Gasteiger partial charge is 0.266 e.